The van der Waals surface area contributed by atoms with Crippen molar-refractivity contribution in [2.75, 3.05) is 13.7 Å². The van der Waals surface area contributed by atoms with Crippen molar-refractivity contribution in [1.29, 1.82) is 0 Å². The smallest absolute Gasteiger partial charge is 0.343 e. The SMILES string of the molecule is COc1cc(/C=N/NC(=O)COc2cc(C)ccc2C(C)C)ccc1OC(=O)c1ccccc1. The molecule has 3 aromatic rings. The number of esters is 1. The van der Waals surface area contributed by atoms with E-state index in [2.05, 4.69) is 24.4 Å². The lowest BCUT2D eigenvalue weighted by Gasteiger charge is -2.14. The van der Waals surface area contributed by atoms with Gasteiger partial charge in [-0.15, -0.1) is 0 Å². The van der Waals surface area contributed by atoms with E-state index in [1.165, 1.54) is 13.3 Å². The van der Waals surface area contributed by atoms with Crippen LogP contribution in [0.25, 0.3) is 0 Å². The van der Waals surface area contributed by atoms with Crippen LogP contribution in [0.1, 0.15) is 46.8 Å². The Labute approximate surface area is 199 Å². The molecule has 0 unspecified atom stereocenters. The zero-order valence-electron chi connectivity index (χ0n) is 19.7. The summed E-state index contributed by atoms with van der Waals surface area (Å²) < 4.78 is 16.5. The van der Waals surface area contributed by atoms with Crippen molar-refractivity contribution < 1.29 is 23.8 Å². The monoisotopic (exact) mass is 460 g/mol. The summed E-state index contributed by atoms with van der Waals surface area (Å²) in [6.45, 7) is 5.97. The summed E-state index contributed by atoms with van der Waals surface area (Å²) in [5.74, 6) is 0.754. The first-order valence-corrected chi connectivity index (χ1v) is 10.9. The summed E-state index contributed by atoms with van der Waals surface area (Å²) >= 11 is 0. The highest BCUT2D eigenvalue weighted by atomic mass is 16.6. The molecule has 3 aromatic carbocycles. The molecule has 0 spiro atoms. The summed E-state index contributed by atoms with van der Waals surface area (Å²) in [7, 11) is 1.48. The van der Waals surface area contributed by atoms with E-state index in [0.717, 1.165) is 11.1 Å². The Hall–Kier alpha value is -4.13. The van der Waals surface area contributed by atoms with Gasteiger partial charge in [0.25, 0.3) is 5.91 Å². The number of nitrogens with zero attached hydrogens (tertiary/aromatic N) is 1. The number of hydrogen-bond acceptors (Lipinski definition) is 6. The van der Waals surface area contributed by atoms with Crippen molar-refractivity contribution in [2.45, 2.75) is 26.7 Å². The van der Waals surface area contributed by atoms with Gasteiger partial charge in [-0.1, -0.05) is 44.2 Å². The molecule has 0 atom stereocenters. The van der Waals surface area contributed by atoms with E-state index in [1.54, 1.807) is 42.5 Å². The molecule has 0 saturated carbocycles. The average Bonchev–Trinajstić information content (AvgIpc) is 2.83. The molecule has 1 amide bonds. The second-order valence-corrected chi connectivity index (χ2v) is 7.94. The van der Waals surface area contributed by atoms with Crippen molar-refractivity contribution >= 4 is 18.1 Å². The number of benzene rings is 3. The second-order valence-electron chi connectivity index (χ2n) is 7.94. The number of carbonyl (C=O) groups is 2. The van der Waals surface area contributed by atoms with Crippen LogP contribution in [0.5, 0.6) is 17.2 Å². The van der Waals surface area contributed by atoms with Crippen LogP contribution >= 0.6 is 0 Å². The molecular formula is C27H28N2O5. The molecular weight excluding hydrogens is 432 g/mol. The molecule has 0 heterocycles. The van der Waals surface area contributed by atoms with Crippen LogP contribution in [-0.4, -0.2) is 31.8 Å². The fourth-order valence-electron chi connectivity index (χ4n) is 3.18. The van der Waals surface area contributed by atoms with Gasteiger partial charge in [0.2, 0.25) is 0 Å². The van der Waals surface area contributed by atoms with Gasteiger partial charge < -0.3 is 14.2 Å². The molecule has 7 heteroatoms. The largest absolute Gasteiger partial charge is 0.493 e. The molecule has 0 aliphatic heterocycles. The van der Waals surface area contributed by atoms with Crippen molar-refractivity contribution in [2.24, 2.45) is 5.10 Å². The van der Waals surface area contributed by atoms with Gasteiger partial charge in [0.1, 0.15) is 5.75 Å². The highest BCUT2D eigenvalue weighted by molar-refractivity contribution is 5.91. The quantitative estimate of drug-likeness (QED) is 0.213. The van der Waals surface area contributed by atoms with Gasteiger partial charge in [-0.3, -0.25) is 4.79 Å². The topological polar surface area (TPSA) is 86.2 Å². The second kappa shape index (κ2) is 11.7. The summed E-state index contributed by atoms with van der Waals surface area (Å²) in [4.78, 5) is 24.5. The van der Waals surface area contributed by atoms with Crippen molar-refractivity contribution in [3.8, 4) is 17.2 Å². The summed E-state index contributed by atoms with van der Waals surface area (Å²) in [5, 5.41) is 3.97. The van der Waals surface area contributed by atoms with Gasteiger partial charge in [0.05, 0.1) is 18.9 Å². The Morgan fingerprint density at radius 3 is 2.44 bits per heavy atom. The number of nitrogens with one attached hydrogen (secondary N) is 1. The molecule has 34 heavy (non-hydrogen) atoms. The van der Waals surface area contributed by atoms with E-state index < -0.39 is 5.97 Å². The fraction of sp³-hybridized carbons (Fsp3) is 0.222. The maximum atomic E-state index is 12.3. The lowest BCUT2D eigenvalue weighted by Crippen LogP contribution is -2.25. The number of hydrogen-bond donors (Lipinski definition) is 1. The molecule has 7 nitrogen and oxygen atoms in total. The molecule has 0 fully saturated rings. The third kappa shape index (κ3) is 6.68. The molecule has 0 aliphatic rings. The van der Waals surface area contributed by atoms with Gasteiger partial charge >= 0.3 is 5.97 Å². The highest BCUT2D eigenvalue weighted by Gasteiger charge is 2.13. The first-order valence-electron chi connectivity index (χ1n) is 10.9. The predicted octanol–water partition coefficient (Wildman–Crippen LogP) is 4.88. The third-order valence-electron chi connectivity index (χ3n) is 4.95. The van der Waals surface area contributed by atoms with Crippen LogP contribution in [0.3, 0.4) is 0 Å². The number of amides is 1. The zero-order chi connectivity index (χ0) is 24.5. The first kappa shape index (κ1) is 24.5. The molecule has 0 saturated heterocycles. The molecule has 176 valence electrons. The van der Waals surface area contributed by atoms with Crippen LogP contribution in [0.4, 0.5) is 0 Å². The lowest BCUT2D eigenvalue weighted by atomic mass is 10.0. The molecule has 0 bridgehead atoms. The average molecular weight is 461 g/mol. The molecule has 1 N–H and O–H groups in total. The van der Waals surface area contributed by atoms with E-state index in [-0.39, 0.29) is 24.2 Å². The van der Waals surface area contributed by atoms with Gasteiger partial charge in [-0.2, -0.15) is 5.10 Å². The molecule has 0 radical (unpaired) electrons. The van der Waals surface area contributed by atoms with Crippen molar-refractivity contribution in [3.63, 3.8) is 0 Å². The number of ether oxygens (including phenoxy) is 3. The number of aryl methyl sites for hydroxylation is 1. The fourth-order valence-corrected chi connectivity index (χ4v) is 3.18. The van der Waals surface area contributed by atoms with E-state index in [9.17, 15) is 9.59 Å². The zero-order valence-corrected chi connectivity index (χ0v) is 19.7. The van der Waals surface area contributed by atoms with Gasteiger partial charge in [-0.05, 0) is 65.9 Å². The van der Waals surface area contributed by atoms with Crippen molar-refractivity contribution in [1.82, 2.24) is 5.43 Å². The number of hydrazone groups is 1. The highest BCUT2D eigenvalue weighted by Crippen LogP contribution is 2.29. The molecule has 0 aromatic heterocycles. The summed E-state index contributed by atoms with van der Waals surface area (Å²) in [5.41, 5.74) is 5.64. The van der Waals surface area contributed by atoms with E-state index in [4.69, 9.17) is 14.2 Å². The normalized spacial score (nSPS) is 10.9. The Kier molecular flexibility index (Phi) is 8.40. The van der Waals surface area contributed by atoms with Gasteiger partial charge in [0, 0.05) is 0 Å². The van der Waals surface area contributed by atoms with Crippen LogP contribution < -0.4 is 19.6 Å². The number of rotatable bonds is 9. The lowest BCUT2D eigenvalue weighted by molar-refractivity contribution is -0.123. The first-order chi connectivity index (χ1) is 16.4. The van der Waals surface area contributed by atoms with Crippen LogP contribution in [-0.2, 0) is 4.79 Å². The summed E-state index contributed by atoms with van der Waals surface area (Å²) in [6.07, 6.45) is 1.47. The van der Waals surface area contributed by atoms with Crippen LogP contribution in [0.15, 0.2) is 71.8 Å². The van der Waals surface area contributed by atoms with E-state index in [1.807, 2.05) is 31.2 Å². The predicted molar refractivity (Wildman–Crippen MR) is 131 cm³/mol. The Bertz CT molecular complexity index is 1170. The number of methoxy groups -OCH3 is 1. The molecule has 0 aliphatic carbocycles. The Morgan fingerprint density at radius 2 is 1.74 bits per heavy atom. The Morgan fingerprint density at radius 1 is 0.971 bits per heavy atom. The minimum Gasteiger partial charge on any atom is -0.493 e. The maximum Gasteiger partial charge on any atom is 0.343 e. The molecule has 3 rings (SSSR count). The van der Waals surface area contributed by atoms with E-state index >= 15 is 0 Å². The van der Waals surface area contributed by atoms with Gasteiger partial charge in [0.15, 0.2) is 18.1 Å². The standard InChI is InChI=1S/C27H28N2O5/c1-18(2)22-12-10-19(3)14-24(22)33-17-26(30)29-28-16-20-11-13-23(25(15-20)32-4)34-27(31)21-8-6-5-7-9-21/h5-16,18H,17H2,1-4H3,(H,29,30)/b28-16+. The minimum absolute atomic E-state index is 0.155. The van der Waals surface area contributed by atoms with Crippen LogP contribution in [0.2, 0.25) is 0 Å². The summed E-state index contributed by atoms with van der Waals surface area (Å²) in [6, 6.07) is 19.6. The van der Waals surface area contributed by atoms with Gasteiger partial charge in [-0.25, -0.2) is 10.2 Å². The maximum absolute atomic E-state index is 12.3. The Balaban J connectivity index is 1.58. The van der Waals surface area contributed by atoms with Crippen molar-refractivity contribution in [3.05, 3.63) is 89.0 Å². The van der Waals surface area contributed by atoms with E-state index in [0.29, 0.717) is 22.6 Å². The third-order valence-corrected chi connectivity index (χ3v) is 4.95. The minimum atomic E-state index is -0.484. The number of carbonyl (C=O) groups excluding carboxylic acids is 2. The van der Waals surface area contributed by atoms with Crippen LogP contribution in [0, 0.1) is 6.92 Å².